The highest BCUT2D eigenvalue weighted by atomic mass is 16.5. The molecular formula is C17H25NO3. The van der Waals surface area contributed by atoms with Gasteiger partial charge in [0.1, 0.15) is 6.04 Å². The minimum atomic E-state index is -0.474. The van der Waals surface area contributed by atoms with E-state index in [1.165, 1.54) is 7.11 Å². The second kappa shape index (κ2) is 5.78. The van der Waals surface area contributed by atoms with Crippen LogP contribution in [0.25, 0.3) is 0 Å². The predicted molar refractivity (Wildman–Crippen MR) is 82.0 cm³/mol. The number of carbonyl (C=O) groups is 1. The van der Waals surface area contributed by atoms with E-state index in [0.717, 1.165) is 12.0 Å². The number of ether oxygens (including phenoxy) is 2. The molecule has 0 spiro atoms. The Bertz CT molecular complexity index is 496. The van der Waals surface area contributed by atoms with Gasteiger partial charge in [-0.1, -0.05) is 30.3 Å². The number of hydrogen-bond donors (Lipinski definition) is 1. The lowest BCUT2D eigenvalue weighted by molar-refractivity contribution is -0.144. The largest absolute Gasteiger partial charge is 0.468 e. The molecule has 0 amide bonds. The van der Waals surface area contributed by atoms with Crippen molar-refractivity contribution in [3.8, 4) is 0 Å². The third-order valence-corrected chi connectivity index (χ3v) is 4.01. The zero-order valence-electron chi connectivity index (χ0n) is 13.5. The lowest BCUT2D eigenvalue weighted by atomic mass is 9.92. The van der Waals surface area contributed by atoms with Gasteiger partial charge in [0.15, 0.2) is 0 Å². The summed E-state index contributed by atoms with van der Waals surface area (Å²) in [5, 5.41) is 3.43. The average molecular weight is 291 g/mol. The van der Waals surface area contributed by atoms with Gasteiger partial charge in [-0.15, -0.1) is 0 Å². The number of nitrogens with one attached hydrogen (secondary N) is 1. The first-order chi connectivity index (χ1) is 9.75. The molecule has 0 radical (unpaired) electrons. The van der Waals surface area contributed by atoms with Crippen molar-refractivity contribution >= 4 is 5.97 Å². The van der Waals surface area contributed by atoms with Gasteiger partial charge in [0.25, 0.3) is 0 Å². The molecule has 2 unspecified atom stereocenters. The first-order valence-electron chi connectivity index (χ1n) is 7.34. The van der Waals surface area contributed by atoms with E-state index in [0.29, 0.717) is 0 Å². The van der Waals surface area contributed by atoms with Crippen molar-refractivity contribution in [2.24, 2.45) is 0 Å². The maximum atomic E-state index is 12.1. The number of carbonyl (C=O) groups excluding carboxylic acids is 1. The van der Waals surface area contributed by atoms with Crippen LogP contribution in [0.15, 0.2) is 30.3 Å². The summed E-state index contributed by atoms with van der Waals surface area (Å²) in [6, 6.07) is 9.25. The van der Waals surface area contributed by atoms with Crippen LogP contribution >= 0.6 is 0 Å². The van der Waals surface area contributed by atoms with Gasteiger partial charge in [-0.2, -0.15) is 0 Å². The molecule has 1 heterocycles. The molecule has 4 heteroatoms. The van der Waals surface area contributed by atoms with Crippen molar-refractivity contribution in [2.75, 3.05) is 7.11 Å². The van der Waals surface area contributed by atoms with Gasteiger partial charge >= 0.3 is 5.97 Å². The number of esters is 1. The molecule has 1 saturated heterocycles. The van der Waals surface area contributed by atoms with E-state index in [2.05, 4.69) is 33.0 Å². The minimum Gasteiger partial charge on any atom is -0.468 e. The van der Waals surface area contributed by atoms with E-state index in [9.17, 15) is 4.79 Å². The first kappa shape index (κ1) is 16.0. The van der Waals surface area contributed by atoms with Crippen molar-refractivity contribution in [2.45, 2.75) is 57.4 Å². The fraction of sp³-hybridized carbons (Fsp3) is 0.588. The Morgan fingerprint density at radius 1 is 1.29 bits per heavy atom. The van der Waals surface area contributed by atoms with Crippen molar-refractivity contribution in [1.82, 2.24) is 5.32 Å². The zero-order chi connectivity index (χ0) is 15.7. The molecular weight excluding hydrogens is 266 g/mol. The van der Waals surface area contributed by atoms with E-state index in [4.69, 9.17) is 9.47 Å². The van der Waals surface area contributed by atoms with Crippen LogP contribution < -0.4 is 5.32 Å². The van der Waals surface area contributed by atoms with Gasteiger partial charge in [0.05, 0.1) is 18.3 Å². The number of benzene rings is 1. The van der Waals surface area contributed by atoms with Gasteiger partial charge in [-0.3, -0.25) is 5.32 Å². The molecule has 2 atom stereocenters. The summed E-state index contributed by atoms with van der Waals surface area (Å²) in [4.78, 5) is 12.1. The van der Waals surface area contributed by atoms with Gasteiger partial charge in [-0.05, 0) is 39.7 Å². The van der Waals surface area contributed by atoms with Gasteiger partial charge < -0.3 is 9.47 Å². The van der Waals surface area contributed by atoms with Crippen molar-refractivity contribution in [3.05, 3.63) is 35.9 Å². The second-order valence-corrected chi connectivity index (χ2v) is 6.76. The maximum Gasteiger partial charge on any atom is 0.327 e. The first-order valence-corrected chi connectivity index (χ1v) is 7.34. The third kappa shape index (κ3) is 3.63. The zero-order valence-corrected chi connectivity index (χ0v) is 13.5. The normalized spacial score (nSPS) is 24.5. The van der Waals surface area contributed by atoms with Crippen LogP contribution in [0.5, 0.6) is 0 Å². The lowest BCUT2D eigenvalue weighted by Crippen LogP contribution is -2.47. The summed E-state index contributed by atoms with van der Waals surface area (Å²) in [5.41, 5.74) is 0.383. The quantitative estimate of drug-likeness (QED) is 0.867. The smallest absolute Gasteiger partial charge is 0.327 e. The fourth-order valence-electron chi connectivity index (χ4n) is 3.09. The van der Waals surface area contributed by atoms with Crippen LogP contribution in [0.4, 0.5) is 0 Å². The molecule has 2 rings (SSSR count). The maximum absolute atomic E-state index is 12.1. The van der Waals surface area contributed by atoms with Crippen LogP contribution in [-0.4, -0.2) is 30.3 Å². The molecule has 1 aliphatic heterocycles. The lowest BCUT2D eigenvalue weighted by Gasteiger charge is -2.30. The molecule has 0 aromatic heterocycles. The van der Waals surface area contributed by atoms with E-state index in [1.54, 1.807) is 0 Å². The third-order valence-electron chi connectivity index (χ3n) is 4.01. The SMILES string of the molecule is COC(=O)C(NC1CC(C)(C)OC1(C)C)c1ccccc1. The van der Waals surface area contributed by atoms with Crippen LogP contribution in [0, 0.1) is 0 Å². The molecule has 0 bridgehead atoms. The molecule has 1 fully saturated rings. The van der Waals surface area contributed by atoms with E-state index in [-0.39, 0.29) is 23.2 Å². The van der Waals surface area contributed by atoms with E-state index < -0.39 is 6.04 Å². The van der Waals surface area contributed by atoms with Gasteiger partial charge in [-0.25, -0.2) is 4.79 Å². The summed E-state index contributed by atoms with van der Waals surface area (Å²) < 4.78 is 11.0. The van der Waals surface area contributed by atoms with Gasteiger partial charge in [0, 0.05) is 6.04 Å². The Kier molecular flexibility index (Phi) is 4.40. The Hall–Kier alpha value is -1.39. The highest BCUT2D eigenvalue weighted by Gasteiger charge is 2.47. The second-order valence-electron chi connectivity index (χ2n) is 6.76. The van der Waals surface area contributed by atoms with Crippen LogP contribution in [0.2, 0.25) is 0 Å². The summed E-state index contributed by atoms with van der Waals surface area (Å²) in [7, 11) is 1.42. The van der Waals surface area contributed by atoms with Crippen molar-refractivity contribution in [1.29, 1.82) is 0 Å². The monoisotopic (exact) mass is 291 g/mol. The molecule has 4 nitrogen and oxygen atoms in total. The standard InChI is InChI=1S/C17H25NO3/c1-16(2)11-13(17(3,4)21-16)18-14(15(19)20-5)12-9-7-6-8-10-12/h6-10,13-14,18H,11H2,1-5H3. The summed E-state index contributed by atoms with van der Waals surface area (Å²) in [6.07, 6.45) is 0.848. The fourth-order valence-corrected chi connectivity index (χ4v) is 3.09. The number of hydrogen-bond acceptors (Lipinski definition) is 4. The predicted octanol–water partition coefficient (Wildman–Crippen LogP) is 2.84. The molecule has 0 aliphatic carbocycles. The van der Waals surface area contributed by atoms with Crippen LogP contribution in [0.3, 0.4) is 0 Å². The summed E-state index contributed by atoms with van der Waals surface area (Å²) in [6.45, 7) is 8.26. The van der Waals surface area contributed by atoms with Crippen LogP contribution in [-0.2, 0) is 14.3 Å². The molecule has 1 aliphatic rings. The van der Waals surface area contributed by atoms with Gasteiger partial charge in [0.2, 0.25) is 0 Å². The molecule has 0 saturated carbocycles. The molecule has 1 N–H and O–H groups in total. The summed E-state index contributed by atoms with van der Waals surface area (Å²) in [5.74, 6) is -0.276. The Morgan fingerprint density at radius 2 is 1.90 bits per heavy atom. The Labute approximate surface area is 126 Å². The van der Waals surface area contributed by atoms with E-state index >= 15 is 0 Å². The molecule has 1 aromatic rings. The van der Waals surface area contributed by atoms with Crippen molar-refractivity contribution < 1.29 is 14.3 Å². The Morgan fingerprint density at radius 3 is 2.38 bits per heavy atom. The van der Waals surface area contributed by atoms with E-state index in [1.807, 2.05) is 30.3 Å². The highest BCUT2D eigenvalue weighted by Crippen LogP contribution is 2.38. The number of rotatable bonds is 4. The topological polar surface area (TPSA) is 47.6 Å². The van der Waals surface area contributed by atoms with Crippen molar-refractivity contribution in [3.63, 3.8) is 0 Å². The Balaban J connectivity index is 2.22. The molecule has 21 heavy (non-hydrogen) atoms. The minimum absolute atomic E-state index is 0.0804. The average Bonchev–Trinajstić information content (AvgIpc) is 2.63. The number of methoxy groups -OCH3 is 1. The molecule has 1 aromatic carbocycles. The van der Waals surface area contributed by atoms with Crippen LogP contribution in [0.1, 0.15) is 45.7 Å². The highest BCUT2D eigenvalue weighted by molar-refractivity contribution is 5.77. The molecule has 116 valence electrons. The summed E-state index contributed by atoms with van der Waals surface area (Å²) >= 11 is 0.